The molecule has 2 rings (SSSR count). The molecule has 1 aromatic heterocycles. The van der Waals surface area contributed by atoms with Crippen LogP contribution in [0.15, 0.2) is 35.7 Å². The second-order valence-electron chi connectivity index (χ2n) is 5.54. The van der Waals surface area contributed by atoms with Crippen LogP contribution < -0.4 is 5.73 Å². The fraction of sp³-hybridized carbons (Fsp3) is 0.444. The minimum atomic E-state index is -0.0281. The predicted molar refractivity (Wildman–Crippen MR) is 105 cm³/mol. The first-order valence-corrected chi connectivity index (χ1v) is 9.09. The highest BCUT2D eigenvalue weighted by Gasteiger charge is 2.18. The minimum Gasteiger partial charge on any atom is -0.383 e. The van der Waals surface area contributed by atoms with Gasteiger partial charge in [0.1, 0.15) is 5.69 Å². The number of benzene rings is 1. The van der Waals surface area contributed by atoms with Crippen molar-refractivity contribution in [2.45, 2.75) is 19.3 Å². The summed E-state index contributed by atoms with van der Waals surface area (Å²) in [5, 5.41) is 2.74. The summed E-state index contributed by atoms with van der Waals surface area (Å²) in [5.41, 5.74) is 7.35. The number of amides is 1. The number of thiazole rings is 1. The fourth-order valence-electron chi connectivity index (χ4n) is 2.44. The average molecular weight is 384 g/mol. The van der Waals surface area contributed by atoms with Crippen LogP contribution >= 0.6 is 23.7 Å². The third-order valence-corrected chi connectivity index (χ3v) is 4.63. The molecule has 5 nitrogen and oxygen atoms in total. The molecule has 0 aliphatic carbocycles. The Kier molecular flexibility index (Phi) is 10.3. The van der Waals surface area contributed by atoms with Crippen molar-refractivity contribution in [1.82, 2.24) is 9.88 Å². The van der Waals surface area contributed by atoms with Crippen molar-refractivity contribution in [2.24, 2.45) is 5.73 Å². The first kappa shape index (κ1) is 21.6. The van der Waals surface area contributed by atoms with Crippen LogP contribution in [0.2, 0.25) is 0 Å². The molecule has 0 spiro atoms. The number of aromatic nitrogens is 1. The number of carbonyl (C=O) groups excluding carboxylic acids is 1. The topological polar surface area (TPSA) is 68.5 Å². The average Bonchev–Trinajstić information content (AvgIpc) is 3.07. The highest BCUT2D eigenvalue weighted by Crippen LogP contribution is 2.13. The molecular formula is C18H26ClN3O2S. The van der Waals surface area contributed by atoms with Gasteiger partial charge in [-0.2, -0.15) is 0 Å². The molecule has 7 heteroatoms. The zero-order chi connectivity index (χ0) is 17.2. The Morgan fingerprint density at radius 1 is 1.24 bits per heavy atom. The molecule has 1 heterocycles. The van der Waals surface area contributed by atoms with Crippen LogP contribution in [0.3, 0.4) is 0 Å². The first-order valence-electron chi connectivity index (χ1n) is 8.21. The van der Waals surface area contributed by atoms with E-state index in [-0.39, 0.29) is 18.3 Å². The summed E-state index contributed by atoms with van der Waals surface area (Å²) in [6, 6.07) is 10.3. The van der Waals surface area contributed by atoms with Crippen molar-refractivity contribution in [1.29, 1.82) is 0 Å². The van der Waals surface area contributed by atoms with Gasteiger partial charge in [-0.25, -0.2) is 4.98 Å². The summed E-state index contributed by atoms with van der Waals surface area (Å²) in [7, 11) is 1.65. The molecular weight excluding hydrogens is 358 g/mol. The van der Waals surface area contributed by atoms with Gasteiger partial charge in [-0.3, -0.25) is 4.79 Å². The molecule has 0 bridgehead atoms. The second kappa shape index (κ2) is 12.0. The lowest BCUT2D eigenvalue weighted by Crippen LogP contribution is -2.35. The monoisotopic (exact) mass is 383 g/mol. The van der Waals surface area contributed by atoms with Crippen LogP contribution in [-0.2, 0) is 17.6 Å². The smallest absolute Gasteiger partial charge is 0.273 e. The van der Waals surface area contributed by atoms with Crippen LogP contribution in [0.4, 0.5) is 0 Å². The molecule has 1 amide bonds. The quantitative estimate of drug-likeness (QED) is 0.685. The molecule has 2 aromatic rings. The van der Waals surface area contributed by atoms with Gasteiger partial charge in [0.2, 0.25) is 0 Å². The predicted octanol–water partition coefficient (Wildman–Crippen LogP) is 2.79. The number of nitrogens with zero attached hydrogens (tertiary/aromatic N) is 2. The summed E-state index contributed by atoms with van der Waals surface area (Å²) in [5.74, 6) is -0.0281. The molecule has 0 fully saturated rings. The Bertz CT molecular complexity index is 622. The number of halogens is 1. The number of methoxy groups -OCH3 is 1. The Labute approximate surface area is 159 Å². The molecule has 138 valence electrons. The molecule has 2 N–H and O–H groups in total. The van der Waals surface area contributed by atoms with Crippen molar-refractivity contribution in [3.63, 3.8) is 0 Å². The molecule has 25 heavy (non-hydrogen) atoms. The summed E-state index contributed by atoms with van der Waals surface area (Å²) in [6.07, 6.45) is 2.58. The van der Waals surface area contributed by atoms with Gasteiger partial charge in [-0.15, -0.1) is 23.7 Å². The Morgan fingerprint density at radius 3 is 2.68 bits per heavy atom. The van der Waals surface area contributed by atoms with Gasteiger partial charge in [0.15, 0.2) is 0 Å². The van der Waals surface area contributed by atoms with Crippen molar-refractivity contribution >= 4 is 29.7 Å². The summed E-state index contributed by atoms with van der Waals surface area (Å²) < 4.78 is 5.14. The van der Waals surface area contributed by atoms with E-state index in [0.29, 0.717) is 38.4 Å². The second-order valence-corrected chi connectivity index (χ2v) is 6.48. The van der Waals surface area contributed by atoms with E-state index in [2.05, 4.69) is 17.1 Å². The Hall–Kier alpha value is -1.47. The Morgan fingerprint density at radius 2 is 2.00 bits per heavy atom. The van der Waals surface area contributed by atoms with E-state index in [0.717, 1.165) is 17.8 Å². The van der Waals surface area contributed by atoms with Gasteiger partial charge in [-0.05, 0) is 24.9 Å². The number of carbonyl (C=O) groups is 1. The van der Waals surface area contributed by atoms with E-state index in [1.807, 2.05) is 28.5 Å². The SMILES string of the molecule is COCCN(CCCc1ccccc1)C(=O)c1csc(CCN)n1.Cl. The van der Waals surface area contributed by atoms with E-state index in [1.54, 1.807) is 7.11 Å². The molecule has 1 aromatic carbocycles. The van der Waals surface area contributed by atoms with E-state index >= 15 is 0 Å². The highest BCUT2D eigenvalue weighted by atomic mass is 35.5. The Balaban J connectivity index is 0.00000312. The van der Waals surface area contributed by atoms with Crippen molar-refractivity contribution in [3.8, 4) is 0 Å². The van der Waals surface area contributed by atoms with E-state index in [4.69, 9.17) is 10.5 Å². The molecule has 0 unspecified atom stereocenters. The minimum absolute atomic E-state index is 0. The molecule has 0 atom stereocenters. The van der Waals surface area contributed by atoms with E-state index < -0.39 is 0 Å². The molecule has 0 radical (unpaired) electrons. The zero-order valence-corrected chi connectivity index (χ0v) is 16.2. The maximum Gasteiger partial charge on any atom is 0.273 e. The van der Waals surface area contributed by atoms with Crippen LogP contribution in [0.25, 0.3) is 0 Å². The third kappa shape index (κ3) is 7.12. The van der Waals surface area contributed by atoms with Gasteiger partial charge in [0.05, 0.1) is 11.6 Å². The maximum absolute atomic E-state index is 12.7. The van der Waals surface area contributed by atoms with Crippen molar-refractivity contribution in [2.75, 3.05) is 33.4 Å². The number of hydrogen-bond acceptors (Lipinski definition) is 5. The van der Waals surface area contributed by atoms with Gasteiger partial charge in [0.25, 0.3) is 5.91 Å². The first-order chi connectivity index (χ1) is 11.7. The van der Waals surface area contributed by atoms with E-state index in [9.17, 15) is 4.79 Å². The fourth-order valence-corrected chi connectivity index (χ4v) is 3.23. The summed E-state index contributed by atoms with van der Waals surface area (Å²) in [4.78, 5) is 18.9. The van der Waals surface area contributed by atoms with E-state index in [1.165, 1.54) is 16.9 Å². The zero-order valence-electron chi connectivity index (χ0n) is 14.5. The van der Waals surface area contributed by atoms with Gasteiger partial charge in [-0.1, -0.05) is 30.3 Å². The van der Waals surface area contributed by atoms with Crippen LogP contribution in [0.1, 0.15) is 27.5 Å². The maximum atomic E-state index is 12.7. The molecule has 0 aliphatic rings. The highest BCUT2D eigenvalue weighted by molar-refractivity contribution is 7.09. The van der Waals surface area contributed by atoms with Crippen LogP contribution in [0, 0.1) is 0 Å². The van der Waals surface area contributed by atoms with Crippen molar-refractivity contribution in [3.05, 3.63) is 52.0 Å². The largest absolute Gasteiger partial charge is 0.383 e. The number of nitrogens with two attached hydrogens (primary N) is 1. The number of ether oxygens (including phenoxy) is 1. The van der Waals surface area contributed by atoms with Gasteiger partial charge in [0, 0.05) is 32.0 Å². The van der Waals surface area contributed by atoms with Crippen LogP contribution in [-0.4, -0.2) is 49.1 Å². The lowest BCUT2D eigenvalue weighted by molar-refractivity contribution is 0.0688. The van der Waals surface area contributed by atoms with Gasteiger partial charge < -0.3 is 15.4 Å². The third-order valence-electron chi connectivity index (χ3n) is 3.72. The number of hydrogen-bond donors (Lipinski definition) is 1. The number of aryl methyl sites for hydroxylation is 1. The summed E-state index contributed by atoms with van der Waals surface area (Å²) in [6.45, 7) is 2.34. The lowest BCUT2D eigenvalue weighted by Gasteiger charge is -2.21. The summed E-state index contributed by atoms with van der Waals surface area (Å²) >= 11 is 1.49. The number of rotatable bonds is 10. The molecule has 0 aliphatic heterocycles. The normalized spacial score (nSPS) is 10.3. The molecule has 0 saturated carbocycles. The standard InChI is InChI=1S/C18H25N3O2S.ClH/c1-23-13-12-21(11-5-8-15-6-3-2-4-7-15)18(22)16-14-24-17(20-16)9-10-19;/h2-4,6-7,14H,5,8-13,19H2,1H3;1H. The van der Waals surface area contributed by atoms with Crippen molar-refractivity contribution < 1.29 is 9.53 Å². The molecule has 0 saturated heterocycles. The lowest BCUT2D eigenvalue weighted by atomic mass is 10.1. The van der Waals surface area contributed by atoms with Crippen LogP contribution in [0.5, 0.6) is 0 Å². The van der Waals surface area contributed by atoms with Gasteiger partial charge >= 0.3 is 0 Å².